The SMILES string of the molecule is CC(=O)OCOC(=O)SC(C)(C)C(=O)N[C@@H](CS)C(=O)O. The lowest BCUT2D eigenvalue weighted by Crippen LogP contribution is -2.49. The molecule has 0 aliphatic rings. The summed E-state index contributed by atoms with van der Waals surface area (Å²) in [4.78, 5) is 44.7. The molecular weight excluding hydrogens is 322 g/mol. The molecule has 21 heavy (non-hydrogen) atoms. The largest absolute Gasteiger partial charge is 0.480 e. The number of thioether (sulfide) groups is 1. The highest BCUT2D eigenvalue weighted by Crippen LogP contribution is 2.26. The Morgan fingerprint density at radius 2 is 1.86 bits per heavy atom. The van der Waals surface area contributed by atoms with E-state index in [9.17, 15) is 19.2 Å². The lowest BCUT2D eigenvalue weighted by atomic mass is 10.2. The smallest absolute Gasteiger partial charge is 0.371 e. The van der Waals surface area contributed by atoms with Crippen LogP contribution in [-0.2, 0) is 23.9 Å². The van der Waals surface area contributed by atoms with Gasteiger partial charge in [0.15, 0.2) is 0 Å². The number of amides is 1. The van der Waals surface area contributed by atoms with Gasteiger partial charge in [0.2, 0.25) is 12.7 Å². The number of carbonyl (C=O) groups excluding carboxylic acids is 3. The van der Waals surface area contributed by atoms with Crippen molar-refractivity contribution >= 4 is 47.5 Å². The van der Waals surface area contributed by atoms with E-state index in [1.54, 1.807) is 0 Å². The number of rotatable bonds is 7. The van der Waals surface area contributed by atoms with Gasteiger partial charge in [-0.1, -0.05) is 0 Å². The highest BCUT2D eigenvalue weighted by atomic mass is 32.2. The second-order valence-electron chi connectivity index (χ2n) is 4.31. The minimum Gasteiger partial charge on any atom is -0.480 e. The Kier molecular flexibility index (Phi) is 8.18. The van der Waals surface area contributed by atoms with Crippen molar-refractivity contribution in [2.24, 2.45) is 0 Å². The molecule has 0 heterocycles. The van der Waals surface area contributed by atoms with Gasteiger partial charge < -0.3 is 19.9 Å². The molecule has 120 valence electrons. The van der Waals surface area contributed by atoms with E-state index >= 15 is 0 Å². The van der Waals surface area contributed by atoms with Crippen LogP contribution in [0.5, 0.6) is 0 Å². The Balaban J connectivity index is 4.45. The summed E-state index contributed by atoms with van der Waals surface area (Å²) < 4.78 is 7.74. The van der Waals surface area contributed by atoms with E-state index in [0.717, 1.165) is 6.92 Å². The predicted octanol–water partition coefficient (Wildman–Crippen LogP) is 0.655. The van der Waals surface area contributed by atoms with Crippen LogP contribution in [0.25, 0.3) is 0 Å². The van der Waals surface area contributed by atoms with Crippen molar-refractivity contribution in [2.45, 2.75) is 31.6 Å². The number of aliphatic carboxylic acids is 1. The van der Waals surface area contributed by atoms with E-state index in [2.05, 4.69) is 27.4 Å². The van der Waals surface area contributed by atoms with Crippen LogP contribution in [-0.4, -0.2) is 51.6 Å². The van der Waals surface area contributed by atoms with Gasteiger partial charge in [0.05, 0.1) is 4.75 Å². The summed E-state index contributed by atoms with van der Waals surface area (Å²) in [7, 11) is 0. The van der Waals surface area contributed by atoms with E-state index in [0.29, 0.717) is 11.8 Å². The molecule has 8 nitrogen and oxygen atoms in total. The summed E-state index contributed by atoms with van der Waals surface area (Å²) in [5.74, 6) is -2.57. The van der Waals surface area contributed by atoms with Crippen molar-refractivity contribution in [3.05, 3.63) is 0 Å². The first-order valence-corrected chi connectivity index (χ1v) is 7.18. The van der Waals surface area contributed by atoms with E-state index in [4.69, 9.17) is 5.11 Å². The number of thiol groups is 1. The molecule has 0 aromatic rings. The Morgan fingerprint density at radius 1 is 1.29 bits per heavy atom. The van der Waals surface area contributed by atoms with Gasteiger partial charge >= 0.3 is 17.2 Å². The molecular formula is C11H17NO7S2. The highest BCUT2D eigenvalue weighted by molar-refractivity contribution is 8.15. The van der Waals surface area contributed by atoms with Crippen LogP contribution in [0.2, 0.25) is 0 Å². The summed E-state index contributed by atoms with van der Waals surface area (Å²) in [5.41, 5.74) is 0. The Morgan fingerprint density at radius 3 is 2.29 bits per heavy atom. The molecule has 0 saturated carbocycles. The van der Waals surface area contributed by atoms with E-state index in [1.807, 2.05) is 0 Å². The second kappa shape index (κ2) is 8.78. The predicted molar refractivity (Wildman–Crippen MR) is 78.2 cm³/mol. The van der Waals surface area contributed by atoms with Gasteiger partial charge in [-0.2, -0.15) is 12.6 Å². The van der Waals surface area contributed by atoms with E-state index in [-0.39, 0.29) is 5.75 Å². The van der Waals surface area contributed by atoms with Crippen LogP contribution >= 0.6 is 24.4 Å². The Bertz CT molecular complexity index is 425. The fraction of sp³-hybridized carbons (Fsp3) is 0.636. The molecule has 0 radical (unpaired) electrons. The third-order valence-corrected chi connectivity index (χ3v) is 3.46. The molecule has 1 atom stereocenters. The van der Waals surface area contributed by atoms with Crippen LogP contribution < -0.4 is 5.32 Å². The summed E-state index contributed by atoms with van der Waals surface area (Å²) in [6.45, 7) is 3.46. The number of nitrogens with one attached hydrogen (secondary N) is 1. The number of carboxylic acid groups (broad SMARTS) is 1. The maximum atomic E-state index is 11.9. The lowest BCUT2D eigenvalue weighted by Gasteiger charge is -2.23. The summed E-state index contributed by atoms with van der Waals surface area (Å²) >= 11 is 4.36. The topological polar surface area (TPSA) is 119 Å². The van der Waals surface area contributed by atoms with Gasteiger partial charge in [-0.25, -0.2) is 9.59 Å². The van der Waals surface area contributed by atoms with Crippen molar-refractivity contribution in [3.63, 3.8) is 0 Å². The normalized spacial score (nSPS) is 12.2. The van der Waals surface area contributed by atoms with Crippen molar-refractivity contribution in [1.29, 1.82) is 0 Å². The average Bonchev–Trinajstić information content (AvgIpc) is 2.33. The third-order valence-electron chi connectivity index (χ3n) is 2.11. The first kappa shape index (κ1) is 19.6. The monoisotopic (exact) mass is 339 g/mol. The summed E-state index contributed by atoms with van der Waals surface area (Å²) in [6, 6.07) is -1.15. The van der Waals surface area contributed by atoms with Crippen molar-refractivity contribution in [1.82, 2.24) is 5.32 Å². The van der Waals surface area contributed by atoms with Gasteiger partial charge in [0.25, 0.3) is 0 Å². The molecule has 2 N–H and O–H groups in total. The van der Waals surface area contributed by atoms with Crippen LogP contribution in [0.3, 0.4) is 0 Å². The average molecular weight is 339 g/mol. The van der Waals surface area contributed by atoms with Crippen LogP contribution in [0.15, 0.2) is 0 Å². The number of carbonyl (C=O) groups is 4. The molecule has 0 spiro atoms. The minimum atomic E-state index is -1.26. The number of hydrogen-bond donors (Lipinski definition) is 3. The standard InChI is InChI=1S/C11H17NO7S2/c1-6(13)18-5-19-10(17)21-11(2,3)9(16)12-7(4-20)8(14)15/h7,20H,4-5H2,1-3H3,(H,12,16)(H,14,15)/t7-/m0/s1. The molecule has 0 fully saturated rings. The highest BCUT2D eigenvalue weighted by Gasteiger charge is 2.34. The fourth-order valence-corrected chi connectivity index (χ4v) is 1.89. The maximum absolute atomic E-state index is 11.9. The van der Waals surface area contributed by atoms with Gasteiger partial charge in [-0.15, -0.1) is 0 Å². The molecule has 0 saturated heterocycles. The summed E-state index contributed by atoms with van der Waals surface area (Å²) in [5, 5.41) is 10.3. The lowest BCUT2D eigenvalue weighted by molar-refractivity contribution is -0.148. The first-order valence-electron chi connectivity index (χ1n) is 5.74. The molecule has 0 aliphatic carbocycles. The maximum Gasteiger partial charge on any atom is 0.371 e. The van der Waals surface area contributed by atoms with Crippen LogP contribution in [0, 0.1) is 0 Å². The molecule has 0 unspecified atom stereocenters. The minimum absolute atomic E-state index is 0.0846. The molecule has 0 bridgehead atoms. The van der Waals surface area contributed by atoms with Crippen molar-refractivity contribution < 1.29 is 33.8 Å². The van der Waals surface area contributed by atoms with Gasteiger partial charge in [-0.05, 0) is 25.6 Å². The molecule has 0 aromatic heterocycles. The van der Waals surface area contributed by atoms with Crippen LogP contribution in [0.1, 0.15) is 20.8 Å². The van der Waals surface area contributed by atoms with Gasteiger partial charge in [0, 0.05) is 12.7 Å². The number of carboxylic acids is 1. The molecule has 10 heteroatoms. The molecule has 1 amide bonds. The van der Waals surface area contributed by atoms with E-state index in [1.165, 1.54) is 13.8 Å². The van der Waals surface area contributed by atoms with Crippen molar-refractivity contribution in [3.8, 4) is 0 Å². The fourth-order valence-electron chi connectivity index (χ4n) is 0.962. The second-order valence-corrected chi connectivity index (χ2v) is 6.23. The zero-order chi connectivity index (χ0) is 16.6. The number of hydrogen-bond acceptors (Lipinski definition) is 8. The Labute approximate surface area is 131 Å². The molecule has 0 aromatic carbocycles. The number of ether oxygens (including phenoxy) is 2. The van der Waals surface area contributed by atoms with Gasteiger partial charge in [0.1, 0.15) is 6.04 Å². The first-order chi connectivity index (χ1) is 9.60. The number of esters is 1. The van der Waals surface area contributed by atoms with Crippen LogP contribution in [0.4, 0.5) is 4.79 Å². The summed E-state index contributed by atoms with van der Waals surface area (Å²) in [6.07, 6.45) is 0. The Hall–Kier alpha value is -1.42. The molecule has 0 rings (SSSR count). The van der Waals surface area contributed by atoms with Gasteiger partial charge in [-0.3, -0.25) is 9.59 Å². The third kappa shape index (κ3) is 7.81. The molecule has 0 aliphatic heterocycles. The zero-order valence-corrected chi connectivity index (χ0v) is 13.5. The zero-order valence-electron chi connectivity index (χ0n) is 11.7. The quantitative estimate of drug-likeness (QED) is 0.351. The van der Waals surface area contributed by atoms with E-state index < -0.39 is 40.7 Å². The van der Waals surface area contributed by atoms with Crippen molar-refractivity contribution in [2.75, 3.05) is 12.5 Å².